The first-order valence-corrected chi connectivity index (χ1v) is 11.2. The average Bonchev–Trinajstić information content (AvgIpc) is 2.78. The summed E-state index contributed by atoms with van der Waals surface area (Å²) in [5.74, 6) is -0.233. The van der Waals surface area contributed by atoms with Crippen LogP contribution in [0.2, 0.25) is 0 Å². The quantitative estimate of drug-likeness (QED) is 0.509. The number of nitriles is 1. The molecule has 0 aliphatic rings. The summed E-state index contributed by atoms with van der Waals surface area (Å²) in [5.41, 5.74) is 0.734. The number of nitrogens with zero attached hydrogens (tertiary/aromatic N) is 2. The summed E-state index contributed by atoms with van der Waals surface area (Å²) in [6.07, 6.45) is 0. The Labute approximate surface area is 179 Å². The van der Waals surface area contributed by atoms with E-state index in [-0.39, 0.29) is 10.6 Å². The van der Waals surface area contributed by atoms with Crippen molar-refractivity contribution in [3.63, 3.8) is 0 Å². The molecule has 0 spiro atoms. The molecule has 6 nitrogen and oxygen atoms in total. The van der Waals surface area contributed by atoms with Gasteiger partial charge in [-0.2, -0.15) is 5.26 Å². The van der Waals surface area contributed by atoms with Crippen LogP contribution in [0, 0.1) is 10.7 Å². The van der Waals surface area contributed by atoms with Crippen LogP contribution in [0.1, 0.15) is 10.8 Å². The molecular formula is C22H18N2O4S2. The molecule has 3 rings (SSSR count). The Hall–Kier alpha value is -3.28. The third-order valence-corrected chi connectivity index (χ3v) is 6.84. The Bertz CT molecular complexity index is 1140. The largest absolute Gasteiger partial charge is 0.497 e. The first kappa shape index (κ1) is 21.4. The lowest BCUT2D eigenvalue weighted by Gasteiger charge is -2.26. The van der Waals surface area contributed by atoms with Gasteiger partial charge in [0.2, 0.25) is 0 Å². The van der Waals surface area contributed by atoms with E-state index in [1.807, 2.05) is 5.40 Å². The zero-order chi connectivity index (χ0) is 21.6. The number of thiocyanates is 1. The van der Waals surface area contributed by atoms with Crippen molar-refractivity contribution in [1.29, 1.82) is 5.26 Å². The first-order valence-electron chi connectivity index (χ1n) is 8.87. The number of carbonyl (C=O) groups excluding carboxylic acids is 1. The number of rotatable bonds is 7. The van der Waals surface area contributed by atoms with Crippen LogP contribution in [0.15, 0.2) is 89.8 Å². The lowest BCUT2D eigenvalue weighted by atomic mass is 10.1. The van der Waals surface area contributed by atoms with Gasteiger partial charge < -0.3 is 4.74 Å². The Morgan fingerprint density at radius 3 is 2.07 bits per heavy atom. The molecule has 0 heterocycles. The van der Waals surface area contributed by atoms with E-state index in [0.29, 0.717) is 23.1 Å². The van der Waals surface area contributed by atoms with Gasteiger partial charge >= 0.3 is 0 Å². The molecule has 1 atom stereocenters. The van der Waals surface area contributed by atoms with E-state index in [2.05, 4.69) is 0 Å². The predicted molar refractivity (Wildman–Crippen MR) is 116 cm³/mol. The van der Waals surface area contributed by atoms with Crippen molar-refractivity contribution in [2.75, 3.05) is 11.4 Å². The summed E-state index contributed by atoms with van der Waals surface area (Å²) < 4.78 is 32.8. The van der Waals surface area contributed by atoms with E-state index >= 15 is 0 Å². The summed E-state index contributed by atoms with van der Waals surface area (Å²) in [5, 5.41) is 10.2. The van der Waals surface area contributed by atoms with Gasteiger partial charge in [0.1, 0.15) is 16.4 Å². The van der Waals surface area contributed by atoms with E-state index < -0.39 is 21.2 Å². The van der Waals surface area contributed by atoms with Gasteiger partial charge in [0.15, 0.2) is 0 Å². The molecular weight excluding hydrogens is 420 g/mol. The summed E-state index contributed by atoms with van der Waals surface area (Å²) in [7, 11) is -2.77. The van der Waals surface area contributed by atoms with Crippen LogP contribution in [-0.4, -0.2) is 21.4 Å². The van der Waals surface area contributed by atoms with Crippen molar-refractivity contribution >= 4 is 33.4 Å². The maximum atomic E-state index is 13.5. The number of anilines is 1. The highest BCUT2D eigenvalue weighted by molar-refractivity contribution is 8.04. The molecule has 0 aliphatic heterocycles. The Balaban J connectivity index is 2.13. The molecule has 0 aliphatic carbocycles. The van der Waals surface area contributed by atoms with E-state index in [1.54, 1.807) is 48.5 Å². The number of benzene rings is 3. The predicted octanol–water partition coefficient (Wildman–Crippen LogP) is 4.37. The number of hydrogen-bond donors (Lipinski definition) is 0. The normalized spacial score (nSPS) is 11.9. The SMILES string of the molecule is COc1ccc(S(=O)(=O)N(C(=O)[C@@H](SC#N)c2ccccc2)c2ccccc2)cc1. The van der Waals surface area contributed by atoms with Crippen molar-refractivity contribution in [2.45, 2.75) is 10.1 Å². The van der Waals surface area contributed by atoms with Gasteiger partial charge in [-0.05, 0) is 53.7 Å². The highest BCUT2D eigenvalue weighted by atomic mass is 32.2. The fourth-order valence-corrected chi connectivity index (χ4v) is 4.95. The highest BCUT2D eigenvalue weighted by Gasteiger charge is 2.36. The van der Waals surface area contributed by atoms with Crippen molar-refractivity contribution in [2.24, 2.45) is 0 Å². The van der Waals surface area contributed by atoms with Crippen LogP contribution in [-0.2, 0) is 14.8 Å². The molecule has 0 radical (unpaired) electrons. The van der Waals surface area contributed by atoms with E-state index in [1.165, 1.54) is 43.5 Å². The topological polar surface area (TPSA) is 87.5 Å². The third-order valence-electron chi connectivity index (χ3n) is 4.29. The maximum absolute atomic E-state index is 13.5. The first-order chi connectivity index (χ1) is 14.5. The van der Waals surface area contributed by atoms with Gasteiger partial charge in [-0.1, -0.05) is 48.5 Å². The average molecular weight is 439 g/mol. The van der Waals surface area contributed by atoms with E-state index in [4.69, 9.17) is 4.74 Å². The van der Waals surface area contributed by atoms with Crippen LogP contribution < -0.4 is 9.04 Å². The summed E-state index contributed by atoms with van der Waals surface area (Å²) in [6, 6.07) is 22.5. The molecule has 3 aromatic carbocycles. The molecule has 0 bridgehead atoms. The van der Waals surface area contributed by atoms with Gasteiger partial charge in [-0.15, -0.1) is 0 Å². The van der Waals surface area contributed by atoms with Gasteiger partial charge in [-0.3, -0.25) is 4.79 Å². The molecule has 30 heavy (non-hydrogen) atoms. The van der Waals surface area contributed by atoms with Crippen LogP contribution in [0.25, 0.3) is 0 Å². The molecule has 0 saturated heterocycles. The zero-order valence-corrected chi connectivity index (χ0v) is 17.6. The lowest BCUT2D eigenvalue weighted by Crippen LogP contribution is -2.39. The summed E-state index contributed by atoms with van der Waals surface area (Å²) in [6.45, 7) is 0. The van der Waals surface area contributed by atoms with Crippen molar-refractivity contribution in [1.82, 2.24) is 0 Å². The summed E-state index contributed by atoms with van der Waals surface area (Å²) >= 11 is 0.708. The number of para-hydroxylation sites is 1. The van der Waals surface area contributed by atoms with E-state index in [0.717, 1.165) is 4.31 Å². The second-order valence-corrected chi connectivity index (χ2v) is 8.79. The van der Waals surface area contributed by atoms with Crippen LogP contribution in [0.4, 0.5) is 5.69 Å². The van der Waals surface area contributed by atoms with Crippen LogP contribution >= 0.6 is 11.8 Å². The minimum atomic E-state index is -4.24. The van der Waals surface area contributed by atoms with Gasteiger partial charge in [0, 0.05) is 0 Å². The number of carbonyl (C=O) groups is 1. The minimum absolute atomic E-state index is 0.0609. The molecule has 0 aromatic heterocycles. The molecule has 3 aromatic rings. The Kier molecular flexibility index (Phi) is 6.77. The number of methoxy groups -OCH3 is 1. The number of sulfonamides is 1. The number of hydrogen-bond acceptors (Lipinski definition) is 6. The standard InChI is InChI=1S/C22H18N2O4S2/c1-28-19-12-14-20(15-13-19)30(26,27)24(18-10-6-3-7-11-18)22(25)21(29-16-23)17-8-4-2-5-9-17/h2-15,21H,1H3/t21-/m0/s1. The van der Waals surface area contributed by atoms with Gasteiger partial charge in [-0.25, -0.2) is 12.7 Å². The fourth-order valence-electron chi connectivity index (χ4n) is 2.85. The maximum Gasteiger partial charge on any atom is 0.270 e. The van der Waals surface area contributed by atoms with Gasteiger partial charge in [0.05, 0.1) is 17.7 Å². The molecule has 8 heteroatoms. The third kappa shape index (κ3) is 4.48. The second-order valence-electron chi connectivity index (χ2n) is 6.12. The molecule has 1 amide bonds. The number of amides is 1. The second kappa shape index (κ2) is 9.48. The van der Waals surface area contributed by atoms with Crippen LogP contribution in [0.5, 0.6) is 5.75 Å². The van der Waals surface area contributed by atoms with Gasteiger partial charge in [0.25, 0.3) is 15.9 Å². The highest BCUT2D eigenvalue weighted by Crippen LogP contribution is 2.35. The summed E-state index contributed by atoms with van der Waals surface area (Å²) in [4.78, 5) is 13.5. The minimum Gasteiger partial charge on any atom is -0.497 e. The molecule has 0 fully saturated rings. The molecule has 0 saturated carbocycles. The smallest absolute Gasteiger partial charge is 0.270 e. The van der Waals surface area contributed by atoms with Crippen molar-refractivity contribution < 1.29 is 17.9 Å². The van der Waals surface area contributed by atoms with Crippen molar-refractivity contribution in [3.05, 3.63) is 90.5 Å². The Morgan fingerprint density at radius 1 is 0.967 bits per heavy atom. The molecule has 0 unspecified atom stereocenters. The monoisotopic (exact) mass is 438 g/mol. The number of thioether (sulfide) groups is 1. The number of ether oxygens (including phenoxy) is 1. The van der Waals surface area contributed by atoms with E-state index in [9.17, 15) is 18.5 Å². The molecule has 152 valence electrons. The lowest BCUT2D eigenvalue weighted by molar-refractivity contribution is -0.117. The zero-order valence-electron chi connectivity index (χ0n) is 16.0. The fraction of sp³-hybridized carbons (Fsp3) is 0.0909. The van der Waals surface area contributed by atoms with Crippen molar-refractivity contribution in [3.8, 4) is 11.2 Å². The molecule has 0 N–H and O–H groups in total. The van der Waals surface area contributed by atoms with Crippen LogP contribution in [0.3, 0.4) is 0 Å². The Morgan fingerprint density at radius 2 is 1.53 bits per heavy atom.